The SMILES string of the molecule is CSCC[C@H](N)C(=O)Nc1cnccc1C. The molecule has 3 N–H and O–H groups in total. The highest BCUT2D eigenvalue weighted by molar-refractivity contribution is 7.98. The van der Waals surface area contributed by atoms with Gasteiger partial charge in [0, 0.05) is 6.20 Å². The second kappa shape index (κ2) is 6.50. The summed E-state index contributed by atoms with van der Waals surface area (Å²) >= 11 is 1.68. The van der Waals surface area contributed by atoms with E-state index in [1.807, 2.05) is 19.2 Å². The van der Waals surface area contributed by atoms with E-state index in [9.17, 15) is 4.79 Å². The molecule has 0 bridgehead atoms. The van der Waals surface area contributed by atoms with Gasteiger partial charge in [0.1, 0.15) is 0 Å². The van der Waals surface area contributed by atoms with Crippen LogP contribution in [0.5, 0.6) is 0 Å². The summed E-state index contributed by atoms with van der Waals surface area (Å²) in [6, 6.07) is 1.40. The molecule has 0 unspecified atom stereocenters. The molecule has 1 rings (SSSR count). The number of nitrogens with two attached hydrogens (primary N) is 1. The molecule has 0 radical (unpaired) electrons. The van der Waals surface area contributed by atoms with Crippen molar-refractivity contribution in [3.8, 4) is 0 Å². The summed E-state index contributed by atoms with van der Waals surface area (Å²) < 4.78 is 0. The van der Waals surface area contributed by atoms with Gasteiger partial charge in [-0.1, -0.05) is 0 Å². The maximum absolute atomic E-state index is 11.7. The van der Waals surface area contributed by atoms with E-state index in [2.05, 4.69) is 10.3 Å². The third-order valence-corrected chi connectivity index (χ3v) is 2.91. The summed E-state index contributed by atoms with van der Waals surface area (Å²) in [5.41, 5.74) is 7.47. The van der Waals surface area contributed by atoms with Crippen molar-refractivity contribution in [1.29, 1.82) is 0 Å². The molecule has 0 spiro atoms. The fraction of sp³-hybridized carbons (Fsp3) is 0.455. The highest BCUT2D eigenvalue weighted by Crippen LogP contribution is 2.12. The lowest BCUT2D eigenvalue weighted by Crippen LogP contribution is -2.36. The van der Waals surface area contributed by atoms with Crippen LogP contribution in [-0.4, -0.2) is 28.9 Å². The first-order valence-electron chi connectivity index (χ1n) is 5.11. The Morgan fingerprint density at radius 3 is 3.06 bits per heavy atom. The smallest absolute Gasteiger partial charge is 0.241 e. The van der Waals surface area contributed by atoms with E-state index in [4.69, 9.17) is 5.73 Å². The number of amides is 1. The van der Waals surface area contributed by atoms with Gasteiger partial charge in [-0.2, -0.15) is 11.8 Å². The zero-order valence-electron chi connectivity index (χ0n) is 9.56. The Morgan fingerprint density at radius 2 is 2.44 bits per heavy atom. The van der Waals surface area contributed by atoms with Gasteiger partial charge < -0.3 is 11.1 Å². The van der Waals surface area contributed by atoms with Crippen LogP contribution in [0.2, 0.25) is 0 Å². The van der Waals surface area contributed by atoms with Crippen molar-refractivity contribution in [2.24, 2.45) is 5.73 Å². The number of rotatable bonds is 5. The van der Waals surface area contributed by atoms with Gasteiger partial charge in [-0.05, 0) is 37.0 Å². The Balaban J connectivity index is 2.54. The molecule has 1 aromatic rings. The zero-order chi connectivity index (χ0) is 12.0. The Hall–Kier alpha value is -1.07. The van der Waals surface area contributed by atoms with E-state index in [0.717, 1.165) is 17.0 Å². The Kier molecular flexibility index (Phi) is 5.28. The molecule has 1 amide bonds. The van der Waals surface area contributed by atoms with E-state index in [1.165, 1.54) is 0 Å². The minimum atomic E-state index is -0.452. The number of pyridine rings is 1. The van der Waals surface area contributed by atoms with Gasteiger partial charge in [-0.25, -0.2) is 0 Å². The van der Waals surface area contributed by atoms with E-state index in [0.29, 0.717) is 6.42 Å². The zero-order valence-corrected chi connectivity index (χ0v) is 10.4. The second-order valence-corrected chi connectivity index (χ2v) is 4.55. The number of nitrogens with one attached hydrogen (secondary N) is 1. The van der Waals surface area contributed by atoms with Crippen molar-refractivity contribution in [3.05, 3.63) is 24.0 Å². The molecule has 88 valence electrons. The van der Waals surface area contributed by atoms with Gasteiger partial charge in [0.25, 0.3) is 0 Å². The maximum atomic E-state index is 11.7. The summed E-state index contributed by atoms with van der Waals surface area (Å²) in [6.45, 7) is 1.92. The second-order valence-electron chi connectivity index (χ2n) is 3.57. The molecular weight excluding hydrogens is 222 g/mol. The number of anilines is 1. The maximum Gasteiger partial charge on any atom is 0.241 e. The molecule has 0 aliphatic heterocycles. The number of carbonyl (C=O) groups excluding carboxylic acids is 1. The first kappa shape index (κ1) is 13.0. The van der Waals surface area contributed by atoms with Crippen LogP contribution in [0.25, 0.3) is 0 Å². The highest BCUT2D eigenvalue weighted by atomic mass is 32.2. The lowest BCUT2D eigenvalue weighted by molar-refractivity contribution is -0.117. The first-order chi connectivity index (χ1) is 7.65. The molecule has 0 saturated heterocycles. The minimum Gasteiger partial charge on any atom is -0.323 e. The Bertz CT molecular complexity index is 357. The third kappa shape index (κ3) is 3.83. The van der Waals surface area contributed by atoms with Crippen LogP contribution in [0.15, 0.2) is 18.5 Å². The summed E-state index contributed by atoms with van der Waals surface area (Å²) in [6.07, 6.45) is 6.01. The molecule has 0 saturated carbocycles. The van der Waals surface area contributed by atoms with Crippen LogP contribution in [-0.2, 0) is 4.79 Å². The van der Waals surface area contributed by atoms with Crippen LogP contribution < -0.4 is 11.1 Å². The first-order valence-corrected chi connectivity index (χ1v) is 6.50. The third-order valence-electron chi connectivity index (χ3n) is 2.27. The fourth-order valence-electron chi connectivity index (χ4n) is 1.20. The normalized spacial score (nSPS) is 12.2. The number of aromatic nitrogens is 1. The van der Waals surface area contributed by atoms with Gasteiger partial charge in [0.05, 0.1) is 17.9 Å². The average Bonchev–Trinajstić information content (AvgIpc) is 2.28. The summed E-state index contributed by atoms with van der Waals surface area (Å²) in [5, 5.41) is 2.78. The van der Waals surface area contributed by atoms with E-state index >= 15 is 0 Å². The van der Waals surface area contributed by atoms with Crippen LogP contribution in [0.1, 0.15) is 12.0 Å². The van der Waals surface area contributed by atoms with Crippen LogP contribution in [0.3, 0.4) is 0 Å². The molecule has 5 heteroatoms. The molecule has 1 aromatic heterocycles. The predicted molar refractivity (Wildman–Crippen MR) is 68.6 cm³/mol. The number of nitrogens with zero attached hydrogens (tertiary/aromatic N) is 1. The van der Waals surface area contributed by atoms with Crippen LogP contribution in [0.4, 0.5) is 5.69 Å². The Labute approximate surface area is 100 Å². The standard InChI is InChI=1S/C11H17N3OS/c1-8-3-5-13-7-10(8)14-11(15)9(12)4-6-16-2/h3,5,7,9H,4,6,12H2,1-2H3,(H,14,15)/t9-/m0/s1. The van der Waals surface area contributed by atoms with Crippen molar-refractivity contribution < 1.29 is 4.79 Å². The molecule has 16 heavy (non-hydrogen) atoms. The molecule has 0 aliphatic rings. The average molecular weight is 239 g/mol. The van der Waals surface area contributed by atoms with Gasteiger partial charge in [-0.15, -0.1) is 0 Å². The number of aryl methyl sites for hydroxylation is 1. The summed E-state index contributed by atoms with van der Waals surface area (Å²) in [5.74, 6) is 0.741. The largest absolute Gasteiger partial charge is 0.323 e. The van der Waals surface area contributed by atoms with Gasteiger partial charge in [0.2, 0.25) is 5.91 Å². The van der Waals surface area contributed by atoms with Gasteiger partial charge in [-0.3, -0.25) is 9.78 Å². The van der Waals surface area contributed by atoms with Crippen molar-refractivity contribution in [2.75, 3.05) is 17.3 Å². The van der Waals surface area contributed by atoms with Gasteiger partial charge in [0.15, 0.2) is 0 Å². The van der Waals surface area contributed by atoms with E-state index in [-0.39, 0.29) is 5.91 Å². The van der Waals surface area contributed by atoms with Crippen molar-refractivity contribution in [1.82, 2.24) is 4.98 Å². The van der Waals surface area contributed by atoms with E-state index < -0.39 is 6.04 Å². The topological polar surface area (TPSA) is 68.0 Å². The molecule has 4 nitrogen and oxygen atoms in total. The van der Waals surface area contributed by atoms with Crippen LogP contribution >= 0.6 is 11.8 Å². The molecule has 1 atom stereocenters. The minimum absolute atomic E-state index is 0.148. The number of thioether (sulfide) groups is 1. The summed E-state index contributed by atoms with van der Waals surface area (Å²) in [7, 11) is 0. The summed E-state index contributed by atoms with van der Waals surface area (Å²) in [4.78, 5) is 15.7. The molecule has 0 aliphatic carbocycles. The van der Waals surface area contributed by atoms with E-state index in [1.54, 1.807) is 24.2 Å². The Morgan fingerprint density at radius 1 is 1.69 bits per heavy atom. The lowest BCUT2D eigenvalue weighted by atomic mass is 10.2. The van der Waals surface area contributed by atoms with Crippen molar-refractivity contribution in [2.45, 2.75) is 19.4 Å². The quantitative estimate of drug-likeness (QED) is 0.815. The number of carbonyl (C=O) groups is 1. The fourth-order valence-corrected chi connectivity index (χ4v) is 1.69. The highest BCUT2D eigenvalue weighted by Gasteiger charge is 2.13. The lowest BCUT2D eigenvalue weighted by Gasteiger charge is -2.12. The molecule has 1 heterocycles. The van der Waals surface area contributed by atoms with Gasteiger partial charge >= 0.3 is 0 Å². The number of hydrogen-bond acceptors (Lipinski definition) is 4. The monoisotopic (exact) mass is 239 g/mol. The number of hydrogen-bond donors (Lipinski definition) is 2. The molecular formula is C11H17N3OS. The molecule has 0 aromatic carbocycles. The molecule has 0 fully saturated rings. The van der Waals surface area contributed by atoms with Crippen LogP contribution in [0, 0.1) is 6.92 Å². The van der Waals surface area contributed by atoms with Crippen molar-refractivity contribution in [3.63, 3.8) is 0 Å². The predicted octanol–water partition coefficient (Wildman–Crippen LogP) is 1.41. The van der Waals surface area contributed by atoms with Crippen molar-refractivity contribution >= 4 is 23.4 Å².